The van der Waals surface area contributed by atoms with Gasteiger partial charge in [-0.3, -0.25) is 4.79 Å². The average molecular weight is 456 g/mol. The van der Waals surface area contributed by atoms with E-state index in [0.29, 0.717) is 17.3 Å². The molecule has 0 fully saturated rings. The number of nitrogens with one attached hydrogen (secondary N) is 1. The molecular formula is C21H18ClN5OS2. The summed E-state index contributed by atoms with van der Waals surface area (Å²) in [6.07, 6.45) is 1.53. The smallest absolute Gasteiger partial charge is 0.250 e. The number of carbonyl (C=O) groups excluding carboxylic acids is 1. The number of hydrazone groups is 1. The van der Waals surface area contributed by atoms with Gasteiger partial charge in [-0.25, -0.2) is 15.1 Å². The van der Waals surface area contributed by atoms with Crippen LogP contribution in [0.1, 0.15) is 16.8 Å². The Hall–Kier alpha value is -2.68. The van der Waals surface area contributed by atoms with E-state index in [1.54, 1.807) is 16.0 Å². The van der Waals surface area contributed by atoms with Gasteiger partial charge in [0.05, 0.1) is 40.0 Å². The summed E-state index contributed by atoms with van der Waals surface area (Å²) < 4.78 is 3.69. The zero-order valence-corrected chi connectivity index (χ0v) is 18.5. The molecule has 4 rings (SSSR count). The van der Waals surface area contributed by atoms with Crippen molar-refractivity contribution in [2.45, 2.75) is 17.8 Å². The fraction of sp³-hybridized carbons (Fsp3) is 0.143. The number of fused-ring (bicyclic) bond motifs is 1. The standard InChI is InChI=1S/C21H18ClN5OS2/c1-14-16(20(22)27(26-14)12-15-7-3-2-4-8-15)11-23-25-19(28)13-29-21-24-17-9-5-6-10-18(17)30-21/h2-11H,12-13H2,1H3,(H,25,28). The van der Waals surface area contributed by atoms with Gasteiger partial charge in [0.25, 0.3) is 5.91 Å². The van der Waals surface area contributed by atoms with Crippen LogP contribution in [-0.2, 0) is 11.3 Å². The topological polar surface area (TPSA) is 72.2 Å². The number of hydrogen-bond acceptors (Lipinski definition) is 6. The first-order valence-corrected chi connectivity index (χ1v) is 11.4. The second-order valence-corrected chi connectivity index (χ2v) is 9.07. The molecule has 0 saturated heterocycles. The van der Waals surface area contributed by atoms with Crippen molar-refractivity contribution in [3.8, 4) is 0 Å². The fourth-order valence-corrected chi connectivity index (χ4v) is 4.96. The highest BCUT2D eigenvalue weighted by molar-refractivity contribution is 8.01. The lowest BCUT2D eigenvalue weighted by atomic mass is 10.2. The number of hydrogen-bond donors (Lipinski definition) is 1. The van der Waals surface area contributed by atoms with E-state index >= 15 is 0 Å². The maximum absolute atomic E-state index is 12.1. The maximum Gasteiger partial charge on any atom is 0.250 e. The van der Waals surface area contributed by atoms with E-state index in [-0.39, 0.29) is 11.7 Å². The number of amides is 1. The number of carbonyl (C=O) groups is 1. The lowest BCUT2D eigenvalue weighted by Gasteiger charge is -2.03. The molecule has 1 N–H and O–H groups in total. The largest absolute Gasteiger partial charge is 0.272 e. The first kappa shape index (κ1) is 20.6. The van der Waals surface area contributed by atoms with Gasteiger partial charge in [-0.2, -0.15) is 10.2 Å². The minimum Gasteiger partial charge on any atom is -0.272 e. The quantitative estimate of drug-likeness (QED) is 0.248. The molecule has 152 valence electrons. The Bertz CT molecular complexity index is 1170. The molecule has 6 nitrogen and oxygen atoms in total. The monoisotopic (exact) mass is 455 g/mol. The van der Waals surface area contributed by atoms with E-state index < -0.39 is 0 Å². The van der Waals surface area contributed by atoms with Crippen molar-refractivity contribution in [2.75, 3.05) is 5.75 Å². The number of nitrogens with zero attached hydrogens (tertiary/aromatic N) is 4. The van der Waals surface area contributed by atoms with Crippen LogP contribution in [0.25, 0.3) is 10.2 Å². The van der Waals surface area contributed by atoms with Crippen molar-refractivity contribution in [2.24, 2.45) is 5.10 Å². The van der Waals surface area contributed by atoms with Gasteiger partial charge in [-0.1, -0.05) is 65.8 Å². The minimum absolute atomic E-state index is 0.207. The molecule has 2 aromatic carbocycles. The molecule has 0 atom stereocenters. The number of thioether (sulfide) groups is 1. The molecule has 0 aliphatic rings. The van der Waals surface area contributed by atoms with Gasteiger partial charge in [-0.05, 0) is 24.6 Å². The van der Waals surface area contributed by atoms with Crippen molar-refractivity contribution in [1.82, 2.24) is 20.2 Å². The van der Waals surface area contributed by atoms with Gasteiger partial charge < -0.3 is 0 Å². The van der Waals surface area contributed by atoms with Crippen LogP contribution in [0.15, 0.2) is 64.0 Å². The Labute approximate surface area is 187 Å². The van der Waals surface area contributed by atoms with Gasteiger partial charge in [0.1, 0.15) is 5.15 Å². The summed E-state index contributed by atoms with van der Waals surface area (Å²) >= 11 is 9.42. The zero-order valence-electron chi connectivity index (χ0n) is 16.1. The second-order valence-electron chi connectivity index (χ2n) is 6.46. The van der Waals surface area contributed by atoms with Gasteiger partial charge in [-0.15, -0.1) is 11.3 Å². The summed E-state index contributed by atoms with van der Waals surface area (Å²) in [5.41, 5.74) is 6.02. The molecule has 0 aliphatic heterocycles. The lowest BCUT2D eigenvalue weighted by Crippen LogP contribution is -2.19. The minimum atomic E-state index is -0.207. The molecule has 4 aromatic rings. The molecule has 9 heteroatoms. The molecule has 2 aromatic heterocycles. The third-order valence-electron chi connectivity index (χ3n) is 4.27. The third-order valence-corrected chi connectivity index (χ3v) is 6.85. The van der Waals surface area contributed by atoms with Gasteiger partial charge in [0.2, 0.25) is 0 Å². The van der Waals surface area contributed by atoms with E-state index in [9.17, 15) is 4.79 Å². The highest BCUT2D eigenvalue weighted by Crippen LogP contribution is 2.29. The van der Waals surface area contributed by atoms with E-state index in [1.165, 1.54) is 18.0 Å². The summed E-state index contributed by atoms with van der Waals surface area (Å²) in [4.78, 5) is 16.6. The zero-order chi connectivity index (χ0) is 20.9. The summed E-state index contributed by atoms with van der Waals surface area (Å²) in [5, 5.41) is 9.00. The van der Waals surface area contributed by atoms with Crippen LogP contribution in [0.5, 0.6) is 0 Å². The number of aryl methyl sites for hydroxylation is 1. The van der Waals surface area contributed by atoms with Crippen LogP contribution in [-0.4, -0.2) is 32.6 Å². The highest BCUT2D eigenvalue weighted by atomic mass is 35.5. The van der Waals surface area contributed by atoms with Crippen LogP contribution < -0.4 is 5.43 Å². The number of thiazole rings is 1. The summed E-state index contributed by atoms with van der Waals surface area (Å²) in [6, 6.07) is 17.9. The van der Waals surface area contributed by atoms with Crippen LogP contribution in [0, 0.1) is 6.92 Å². The molecule has 0 aliphatic carbocycles. The molecule has 0 radical (unpaired) electrons. The van der Waals surface area contributed by atoms with Gasteiger partial charge in [0, 0.05) is 0 Å². The first-order chi connectivity index (χ1) is 14.6. The van der Waals surface area contributed by atoms with E-state index in [0.717, 1.165) is 25.8 Å². The van der Waals surface area contributed by atoms with Crippen molar-refractivity contribution in [3.63, 3.8) is 0 Å². The SMILES string of the molecule is Cc1nn(Cc2ccccc2)c(Cl)c1C=NNC(=O)CSc1nc2ccccc2s1. The molecule has 0 bridgehead atoms. The Kier molecular flexibility index (Phi) is 6.47. The number of rotatable bonds is 7. The number of benzene rings is 2. The normalized spacial score (nSPS) is 11.4. The first-order valence-electron chi connectivity index (χ1n) is 9.17. The lowest BCUT2D eigenvalue weighted by molar-refractivity contribution is -0.118. The molecule has 1 amide bonds. The van der Waals surface area contributed by atoms with E-state index in [2.05, 4.69) is 20.6 Å². The summed E-state index contributed by atoms with van der Waals surface area (Å²) in [6.45, 7) is 2.43. The second kappa shape index (κ2) is 9.42. The maximum atomic E-state index is 12.1. The highest BCUT2D eigenvalue weighted by Gasteiger charge is 2.12. The average Bonchev–Trinajstić information content (AvgIpc) is 3.28. The molecule has 2 heterocycles. The Morgan fingerprint density at radius 3 is 2.80 bits per heavy atom. The number of para-hydroxylation sites is 1. The van der Waals surface area contributed by atoms with Gasteiger partial charge >= 0.3 is 0 Å². The molecule has 0 saturated carbocycles. The third kappa shape index (κ3) is 4.89. The predicted octanol–water partition coefficient (Wildman–Crippen LogP) is 4.75. The van der Waals surface area contributed by atoms with Crippen molar-refractivity contribution in [1.29, 1.82) is 0 Å². The Morgan fingerprint density at radius 1 is 1.23 bits per heavy atom. The van der Waals surface area contributed by atoms with Crippen molar-refractivity contribution in [3.05, 3.63) is 76.6 Å². The van der Waals surface area contributed by atoms with Crippen LogP contribution >= 0.6 is 34.7 Å². The fourth-order valence-electron chi connectivity index (χ4n) is 2.82. The van der Waals surface area contributed by atoms with Crippen molar-refractivity contribution < 1.29 is 4.79 Å². The van der Waals surface area contributed by atoms with Crippen LogP contribution in [0.3, 0.4) is 0 Å². The molecule has 0 unspecified atom stereocenters. The summed E-state index contributed by atoms with van der Waals surface area (Å²) in [7, 11) is 0. The Morgan fingerprint density at radius 2 is 2.00 bits per heavy atom. The Balaban J connectivity index is 1.34. The number of aromatic nitrogens is 3. The number of halogens is 1. The molecular weight excluding hydrogens is 438 g/mol. The molecule has 0 spiro atoms. The van der Waals surface area contributed by atoms with E-state index in [4.69, 9.17) is 11.6 Å². The molecule has 30 heavy (non-hydrogen) atoms. The van der Waals surface area contributed by atoms with Crippen LogP contribution in [0.2, 0.25) is 5.15 Å². The van der Waals surface area contributed by atoms with Crippen molar-refractivity contribution >= 4 is 57.0 Å². The van der Waals surface area contributed by atoms with E-state index in [1.807, 2.05) is 61.5 Å². The van der Waals surface area contributed by atoms with Crippen LogP contribution in [0.4, 0.5) is 0 Å². The predicted molar refractivity (Wildman–Crippen MR) is 124 cm³/mol. The summed E-state index contributed by atoms with van der Waals surface area (Å²) in [5.74, 6) is 0.0258. The van der Waals surface area contributed by atoms with Gasteiger partial charge in [0.15, 0.2) is 4.34 Å².